The second-order valence-electron chi connectivity index (χ2n) is 4.85. The molecule has 2 aromatic heterocycles. The van der Waals surface area contributed by atoms with Crippen LogP contribution in [0.5, 0.6) is 0 Å². The van der Waals surface area contributed by atoms with Crippen molar-refractivity contribution in [2.45, 2.75) is 20.3 Å². The summed E-state index contributed by atoms with van der Waals surface area (Å²) in [6.45, 7) is 4.93. The average Bonchev–Trinajstić information content (AvgIpc) is 2.89. The molecule has 2 N–H and O–H groups in total. The lowest BCUT2D eigenvalue weighted by atomic mass is 10.1. The highest BCUT2D eigenvalue weighted by Gasteiger charge is 2.10. The van der Waals surface area contributed by atoms with Crippen LogP contribution in [0.15, 0.2) is 30.6 Å². The molecule has 19 heavy (non-hydrogen) atoms. The zero-order chi connectivity index (χ0) is 13.7. The monoisotopic (exact) mass is 258 g/mol. The fourth-order valence-corrected chi connectivity index (χ4v) is 1.67. The maximum Gasteiger partial charge on any atom is 0.269 e. The molecule has 0 aliphatic carbocycles. The van der Waals surface area contributed by atoms with Gasteiger partial charge in [-0.2, -0.15) is 5.10 Å². The van der Waals surface area contributed by atoms with E-state index in [0.29, 0.717) is 18.2 Å². The number of carbonyl (C=O) groups is 1. The number of pyridine rings is 1. The minimum Gasteiger partial charge on any atom is -0.351 e. The van der Waals surface area contributed by atoms with E-state index >= 15 is 0 Å². The number of hydrogen-bond donors (Lipinski definition) is 2. The summed E-state index contributed by atoms with van der Waals surface area (Å²) < 4.78 is 0. The summed E-state index contributed by atoms with van der Waals surface area (Å²) in [5, 5.41) is 9.75. The number of aromatic nitrogens is 3. The summed E-state index contributed by atoms with van der Waals surface area (Å²) in [6, 6.07) is 5.48. The van der Waals surface area contributed by atoms with Crippen molar-refractivity contribution in [3.63, 3.8) is 0 Å². The number of rotatable bonds is 5. The van der Waals surface area contributed by atoms with Crippen molar-refractivity contribution in [3.8, 4) is 11.3 Å². The van der Waals surface area contributed by atoms with Gasteiger partial charge in [-0.15, -0.1) is 0 Å². The molecule has 5 nitrogen and oxygen atoms in total. The molecule has 2 heterocycles. The first-order valence-corrected chi connectivity index (χ1v) is 6.41. The first-order chi connectivity index (χ1) is 9.16. The van der Waals surface area contributed by atoms with Crippen LogP contribution in [0.2, 0.25) is 0 Å². The van der Waals surface area contributed by atoms with Gasteiger partial charge in [-0.05, 0) is 30.5 Å². The topological polar surface area (TPSA) is 70.7 Å². The van der Waals surface area contributed by atoms with Crippen LogP contribution in [-0.2, 0) is 0 Å². The molecule has 2 aromatic rings. The van der Waals surface area contributed by atoms with Gasteiger partial charge in [0.05, 0.1) is 5.69 Å². The highest BCUT2D eigenvalue weighted by atomic mass is 16.1. The van der Waals surface area contributed by atoms with Crippen molar-refractivity contribution in [2.75, 3.05) is 6.54 Å². The summed E-state index contributed by atoms with van der Waals surface area (Å²) in [6.07, 6.45) is 4.39. The van der Waals surface area contributed by atoms with Crippen molar-refractivity contribution >= 4 is 5.91 Å². The van der Waals surface area contributed by atoms with Gasteiger partial charge < -0.3 is 5.32 Å². The van der Waals surface area contributed by atoms with E-state index in [-0.39, 0.29) is 5.91 Å². The van der Waals surface area contributed by atoms with E-state index in [4.69, 9.17) is 0 Å². The summed E-state index contributed by atoms with van der Waals surface area (Å²) in [7, 11) is 0. The molecule has 0 aliphatic heterocycles. The van der Waals surface area contributed by atoms with Gasteiger partial charge in [-0.1, -0.05) is 13.8 Å². The largest absolute Gasteiger partial charge is 0.351 e. The molecule has 0 atom stereocenters. The summed E-state index contributed by atoms with van der Waals surface area (Å²) >= 11 is 0. The fraction of sp³-hybridized carbons (Fsp3) is 0.357. The van der Waals surface area contributed by atoms with E-state index in [1.54, 1.807) is 18.5 Å². The van der Waals surface area contributed by atoms with Crippen LogP contribution in [0.3, 0.4) is 0 Å². The van der Waals surface area contributed by atoms with Gasteiger partial charge in [0.25, 0.3) is 5.91 Å². The third kappa shape index (κ3) is 3.64. The molecule has 0 bridgehead atoms. The van der Waals surface area contributed by atoms with Crippen LogP contribution in [0.4, 0.5) is 0 Å². The maximum atomic E-state index is 11.9. The van der Waals surface area contributed by atoms with Gasteiger partial charge >= 0.3 is 0 Å². The molecule has 0 fully saturated rings. The molecule has 100 valence electrons. The van der Waals surface area contributed by atoms with E-state index < -0.39 is 0 Å². The predicted molar refractivity (Wildman–Crippen MR) is 73.6 cm³/mol. The number of H-pyrrole nitrogens is 1. The molecular formula is C14H18N4O. The van der Waals surface area contributed by atoms with Crippen molar-refractivity contribution in [1.29, 1.82) is 0 Å². The Morgan fingerprint density at radius 2 is 2.32 bits per heavy atom. The van der Waals surface area contributed by atoms with Crippen LogP contribution >= 0.6 is 0 Å². The Labute approximate surface area is 112 Å². The number of hydrogen-bond acceptors (Lipinski definition) is 3. The molecule has 0 saturated heterocycles. The van der Waals surface area contributed by atoms with Crippen molar-refractivity contribution < 1.29 is 4.79 Å². The van der Waals surface area contributed by atoms with Crippen LogP contribution < -0.4 is 5.32 Å². The molecule has 0 radical (unpaired) electrons. The molecule has 2 rings (SSSR count). The van der Waals surface area contributed by atoms with Gasteiger partial charge in [0.15, 0.2) is 0 Å². The Balaban J connectivity index is 1.99. The Morgan fingerprint density at radius 1 is 1.47 bits per heavy atom. The van der Waals surface area contributed by atoms with Gasteiger partial charge in [-0.25, -0.2) is 0 Å². The molecule has 0 aromatic carbocycles. The molecule has 0 spiro atoms. The van der Waals surface area contributed by atoms with E-state index in [0.717, 1.165) is 17.7 Å². The highest BCUT2D eigenvalue weighted by Crippen LogP contribution is 2.15. The molecular weight excluding hydrogens is 240 g/mol. The summed E-state index contributed by atoms with van der Waals surface area (Å²) in [5.74, 6) is 0.455. The van der Waals surface area contributed by atoms with Gasteiger partial charge in [0, 0.05) is 24.5 Å². The third-order valence-electron chi connectivity index (χ3n) is 2.79. The van der Waals surface area contributed by atoms with Crippen molar-refractivity contribution in [1.82, 2.24) is 20.5 Å². The van der Waals surface area contributed by atoms with E-state index in [1.807, 2.05) is 12.1 Å². The number of carbonyl (C=O) groups excluding carboxylic acids is 1. The molecule has 0 unspecified atom stereocenters. The standard InChI is InChI=1S/C14H18N4O/c1-10(2)5-7-16-14(19)13-8-12(17-18-13)11-4-3-6-15-9-11/h3-4,6,8-10H,5,7H2,1-2H3,(H,16,19)(H,17,18). The smallest absolute Gasteiger partial charge is 0.269 e. The highest BCUT2D eigenvalue weighted by molar-refractivity contribution is 5.93. The lowest BCUT2D eigenvalue weighted by Gasteiger charge is -2.05. The Hall–Kier alpha value is -2.17. The first kappa shape index (κ1) is 13.3. The van der Waals surface area contributed by atoms with Gasteiger partial charge in [-0.3, -0.25) is 14.9 Å². The van der Waals surface area contributed by atoms with Crippen molar-refractivity contribution in [2.24, 2.45) is 5.92 Å². The molecule has 1 amide bonds. The SMILES string of the molecule is CC(C)CCNC(=O)c1cc(-c2cccnc2)n[nH]1. The number of aromatic amines is 1. The molecule has 5 heteroatoms. The van der Waals surface area contributed by atoms with Crippen LogP contribution in [-0.4, -0.2) is 27.6 Å². The van der Waals surface area contributed by atoms with Crippen LogP contribution in [0.1, 0.15) is 30.8 Å². The van der Waals surface area contributed by atoms with Gasteiger partial charge in [0.2, 0.25) is 0 Å². The third-order valence-corrected chi connectivity index (χ3v) is 2.79. The molecule has 0 saturated carbocycles. The quantitative estimate of drug-likeness (QED) is 0.864. The number of nitrogens with one attached hydrogen (secondary N) is 2. The minimum absolute atomic E-state index is 0.122. The Morgan fingerprint density at radius 3 is 3.00 bits per heavy atom. The van der Waals surface area contributed by atoms with E-state index in [1.165, 1.54) is 0 Å². The number of nitrogens with zero attached hydrogens (tertiary/aromatic N) is 2. The predicted octanol–water partition coefficient (Wildman–Crippen LogP) is 2.25. The summed E-state index contributed by atoms with van der Waals surface area (Å²) in [4.78, 5) is 15.9. The molecule has 0 aliphatic rings. The average molecular weight is 258 g/mol. The van der Waals surface area contributed by atoms with Gasteiger partial charge in [0.1, 0.15) is 5.69 Å². The van der Waals surface area contributed by atoms with Crippen LogP contribution in [0, 0.1) is 5.92 Å². The van der Waals surface area contributed by atoms with E-state index in [2.05, 4.69) is 34.3 Å². The lowest BCUT2D eigenvalue weighted by molar-refractivity contribution is 0.0947. The fourth-order valence-electron chi connectivity index (χ4n) is 1.67. The maximum absolute atomic E-state index is 11.9. The zero-order valence-corrected chi connectivity index (χ0v) is 11.2. The summed E-state index contributed by atoms with van der Waals surface area (Å²) in [5.41, 5.74) is 2.09. The van der Waals surface area contributed by atoms with Crippen LogP contribution in [0.25, 0.3) is 11.3 Å². The minimum atomic E-state index is -0.122. The Bertz CT molecular complexity index is 533. The Kier molecular flexibility index (Phi) is 4.28. The second-order valence-corrected chi connectivity index (χ2v) is 4.85. The normalized spacial score (nSPS) is 10.7. The van der Waals surface area contributed by atoms with Crippen molar-refractivity contribution in [3.05, 3.63) is 36.3 Å². The van der Waals surface area contributed by atoms with E-state index in [9.17, 15) is 4.79 Å². The zero-order valence-electron chi connectivity index (χ0n) is 11.2. The second kappa shape index (κ2) is 6.13. The number of amides is 1. The first-order valence-electron chi connectivity index (χ1n) is 6.41. The lowest BCUT2D eigenvalue weighted by Crippen LogP contribution is -2.25.